The number of hydrogen-bond acceptors (Lipinski definition) is 6. The third kappa shape index (κ3) is 10.7. The van der Waals surface area contributed by atoms with E-state index < -0.39 is 6.04 Å². The maximum atomic E-state index is 12.9. The summed E-state index contributed by atoms with van der Waals surface area (Å²) in [5.74, 6) is 0.439. The summed E-state index contributed by atoms with van der Waals surface area (Å²) in [6.07, 6.45) is 8.96. The van der Waals surface area contributed by atoms with E-state index in [1.807, 2.05) is 20.8 Å². The largest absolute Gasteiger partial charge is 0.483 e. The van der Waals surface area contributed by atoms with E-state index >= 15 is 0 Å². The summed E-state index contributed by atoms with van der Waals surface area (Å²) in [6, 6.07) is 14.6. The lowest BCUT2D eigenvalue weighted by Crippen LogP contribution is -2.53. The van der Waals surface area contributed by atoms with Crippen molar-refractivity contribution >= 4 is 35.6 Å². The predicted molar refractivity (Wildman–Crippen MR) is 195 cm³/mol. The Morgan fingerprint density at radius 3 is 2.43 bits per heavy atom. The number of carbonyl (C=O) groups excluding carboxylic acids is 1. The van der Waals surface area contributed by atoms with Gasteiger partial charge in [-0.2, -0.15) is 0 Å². The molecule has 256 valence electrons. The highest BCUT2D eigenvalue weighted by Gasteiger charge is 2.23. The number of carboxylic acid groups (broad SMARTS) is 1. The number of amides is 1. The molecule has 0 radical (unpaired) electrons. The van der Waals surface area contributed by atoms with Gasteiger partial charge in [-0.3, -0.25) is 19.6 Å². The molecule has 4 rings (SSSR count). The molecule has 3 aromatic rings. The van der Waals surface area contributed by atoms with Crippen LogP contribution in [0.3, 0.4) is 0 Å². The number of fused-ring (bicyclic) bond motifs is 1. The highest BCUT2D eigenvalue weighted by molar-refractivity contribution is 5.92. The van der Waals surface area contributed by atoms with Gasteiger partial charge in [0.2, 0.25) is 0 Å². The maximum Gasteiger partial charge on any atom is 0.290 e. The van der Waals surface area contributed by atoms with Crippen molar-refractivity contribution in [3.8, 4) is 11.1 Å². The normalized spacial score (nSPS) is 14.7. The van der Waals surface area contributed by atoms with E-state index in [0.29, 0.717) is 18.9 Å². The summed E-state index contributed by atoms with van der Waals surface area (Å²) in [6.45, 7) is 18.6. The molecule has 1 aromatic heterocycles. The van der Waals surface area contributed by atoms with Crippen LogP contribution in [0.2, 0.25) is 0 Å². The molecule has 47 heavy (non-hydrogen) atoms. The fraction of sp³-hybridized carbons (Fsp3) is 0.447. The first-order valence-electron chi connectivity index (χ1n) is 16.7. The van der Waals surface area contributed by atoms with Gasteiger partial charge in [0.25, 0.3) is 12.4 Å². The minimum Gasteiger partial charge on any atom is -0.483 e. The number of ether oxygens (including phenoxy) is 1. The molecule has 1 saturated heterocycles. The lowest BCUT2D eigenvalue weighted by Gasteiger charge is -2.29. The van der Waals surface area contributed by atoms with Gasteiger partial charge in [0.1, 0.15) is 0 Å². The smallest absolute Gasteiger partial charge is 0.290 e. The first-order chi connectivity index (χ1) is 22.7. The van der Waals surface area contributed by atoms with Crippen LogP contribution >= 0.6 is 0 Å². The molecule has 1 amide bonds. The van der Waals surface area contributed by atoms with E-state index in [1.165, 1.54) is 22.2 Å². The molecule has 2 atom stereocenters. The van der Waals surface area contributed by atoms with E-state index in [-0.39, 0.29) is 18.5 Å². The molecule has 1 aliphatic heterocycles. The number of nitrogens with two attached hydrogens (primary N) is 1. The average molecular weight is 646 g/mol. The number of allylic oxidation sites excluding steroid dienone is 1. The SMILES string of the molecule is C=CC=N/C(=C/c1c(CC(C)C)c2cc(-c3cccc(CC(N)C(=O)N4CCCCN4)c3)ccc2n1CC)C(C)OC.CC.O=CO. The van der Waals surface area contributed by atoms with Crippen LogP contribution in [0.4, 0.5) is 0 Å². The van der Waals surface area contributed by atoms with Crippen LogP contribution in [0.15, 0.2) is 65.8 Å². The Bertz CT molecular complexity index is 1500. The van der Waals surface area contributed by atoms with Gasteiger partial charge >= 0.3 is 0 Å². The molecule has 2 unspecified atom stereocenters. The van der Waals surface area contributed by atoms with Crippen LogP contribution < -0.4 is 11.2 Å². The minimum absolute atomic E-state index is 0.0408. The van der Waals surface area contributed by atoms with Gasteiger partial charge in [-0.15, -0.1) is 0 Å². The highest BCUT2D eigenvalue weighted by Crippen LogP contribution is 2.34. The van der Waals surface area contributed by atoms with Gasteiger partial charge in [-0.25, -0.2) is 5.43 Å². The average Bonchev–Trinajstić information content (AvgIpc) is 3.37. The predicted octanol–water partition coefficient (Wildman–Crippen LogP) is 6.88. The number of aliphatic imine (C=N–C) groups is 1. The second-order valence-electron chi connectivity index (χ2n) is 11.6. The zero-order valence-electron chi connectivity index (χ0n) is 29.3. The number of hydrazine groups is 1. The maximum absolute atomic E-state index is 12.9. The topological polar surface area (TPSA) is 122 Å². The minimum atomic E-state index is -0.577. The molecule has 0 saturated carbocycles. The molecule has 9 heteroatoms. The van der Waals surface area contributed by atoms with Crippen LogP contribution in [-0.2, 0) is 33.7 Å². The van der Waals surface area contributed by atoms with Crippen molar-refractivity contribution in [1.82, 2.24) is 15.0 Å². The second kappa shape index (κ2) is 20.2. The van der Waals surface area contributed by atoms with E-state index in [9.17, 15) is 4.79 Å². The summed E-state index contributed by atoms with van der Waals surface area (Å²) < 4.78 is 8.03. The highest BCUT2D eigenvalue weighted by atomic mass is 16.5. The quantitative estimate of drug-likeness (QED) is 0.146. The van der Waals surface area contributed by atoms with Gasteiger partial charge in [0.15, 0.2) is 0 Å². The van der Waals surface area contributed by atoms with E-state index in [4.69, 9.17) is 20.4 Å². The first kappa shape index (κ1) is 39.1. The Morgan fingerprint density at radius 1 is 1.13 bits per heavy atom. The molecule has 2 aromatic carbocycles. The number of nitrogens with zero attached hydrogens (tertiary/aromatic N) is 3. The Kier molecular flexibility index (Phi) is 16.9. The van der Waals surface area contributed by atoms with Crippen LogP contribution in [0.5, 0.6) is 0 Å². The zero-order chi connectivity index (χ0) is 34.9. The molecule has 0 spiro atoms. The van der Waals surface area contributed by atoms with Crippen molar-refractivity contribution in [2.24, 2.45) is 16.6 Å². The molecular formula is C38H55N5O4. The molecule has 1 fully saturated rings. The van der Waals surface area contributed by atoms with Crippen molar-refractivity contribution in [2.45, 2.75) is 85.9 Å². The number of hydrogen-bond donors (Lipinski definition) is 3. The first-order valence-corrected chi connectivity index (χ1v) is 16.7. The number of rotatable bonds is 12. The van der Waals surface area contributed by atoms with Gasteiger partial charge in [-0.05, 0) is 85.9 Å². The fourth-order valence-corrected chi connectivity index (χ4v) is 5.71. The third-order valence-corrected chi connectivity index (χ3v) is 7.94. The summed E-state index contributed by atoms with van der Waals surface area (Å²) in [4.78, 5) is 25.9. The molecule has 2 heterocycles. The monoisotopic (exact) mass is 645 g/mol. The molecule has 4 N–H and O–H groups in total. The Labute approximate surface area is 281 Å². The standard InChI is InChI=1S/C35H47N5O2.C2H6.CH2O2/c1-7-16-37-32(25(5)42-6)23-34-29(19-24(3)4)30-22-28(14-15-33(30)39(34)8-2)27-13-11-12-26(20-27)21-31(36)35(41)40-18-10-9-17-38-40;1-2;2-1-3/h7,11-16,20,22-25,31,38H,1,8-10,17-19,21,36H2,2-6H3;1-2H3;1H,(H,2,3)/b32-23+,37-16?;;. The number of aromatic nitrogens is 1. The molecule has 1 aliphatic rings. The van der Waals surface area contributed by atoms with Gasteiger partial charge in [0.05, 0.1) is 17.8 Å². The number of methoxy groups -OCH3 is 1. The fourth-order valence-electron chi connectivity index (χ4n) is 5.71. The van der Waals surface area contributed by atoms with Crippen LogP contribution in [0.1, 0.15) is 71.2 Å². The van der Waals surface area contributed by atoms with Gasteiger partial charge in [-0.1, -0.05) is 70.7 Å². The molecule has 0 bridgehead atoms. The van der Waals surface area contributed by atoms with E-state index in [2.05, 4.69) is 90.9 Å². The van der Waals surface area contributed by atoms with Crippen LogP contribution in [0, 0.1) is 5.92 Å². The molecule has 9 nitrogen and oxygen atoms in total. The summed E-state index contributed by atoms with van der Waals surface area (Å²) >= 11 is 0. The van der Waals surface area contributed by atoms with E-state index in [0.717, 1.165) is 54.7 Å². The Balaban J connectivity index is 0.00000145. The number of aryl methyl sites for hydroxylation is 1. The summed E-state index contributed by atoms with van der Waals surface area (Å²) in [5.41, 5.74) is 17.4. The van der Waals surface area contributed by atoms with Crippen molar-refractivity contribution in [1.29, 1.82) is 0 Å². The van der Waals surface area contributed by atoms with Crippen molar-refractivity contribution < 1.29 is 19.4 Å². The Hall–Kier alpha value is -4.05. The van der Waals surface area contributed by atoms with Gasteiger partial charge in [0, 0.05) is 49.6 Å². The van der Waals surface area contributed by atoms with Gasteiger partial charge < -0.3 is 20.1 Å². The van der Waals surface area contributed by atoms with Crippen molar-refractivity contribution in [3.63, 3.8) is 0 Å². The van der Waals surface area contributed by atoms with Crippen LogP contribution in [0.25, 0.3) is 28.1 Å². The number of nitrogens with one attached hydrogen (secondary N) is 1. The number of carbonyl (C=O) groups is 2. The summed E-state index contributed by atoms with van der Waals surface area (Å²) in [7, 11) is 1.71. The molecule has 0 aliphatic carbocycles. The van der Waals surface area contributed by atoms with Crippen LogP contribution in [-0.4, -0.2) is 65.6 Å². The summed E-state index contributed by atoms with van der Waals surface area (Å²) in [5, 5.41) is 9.83. The molecular weight excluding hydrogens is 590 g/mol. The zero-order valence-corrected chi connectivity index (χ0v) is 29.3. The second-order valence-corrected chi connectivity index (χ2v) is 11.6. The Morgan fingerprint density at radius 2 is 1.83 bits per heavy atom. The lowest BCUT2D eigenvalue weighted by molar-refractivity contribution is -0.137. The third-order valence-electron chi connectivity index (χ3n) is 7.94. The number of benzene rings is 2. The van der Waals surface area contributed by atoms with E-state index in [1.54, 1.807) is 24.4 Å². The lowest BCUT2D eigenvalue weighted by atomic mass is 9.95. The van der Waals surface area contributed by atoms with Crippen molar-refractivity contribution in [3.05, 3.63) is 77.6 Å². The van der Waals surface area contributed by atoms with Crippen molar-refractivity contribution in [2.75, 3.05) is 20.2 Å².